The van der Waals surface area contributed by atoms with Gasteiger partial charge < -0.3 is 15.1 Å². The monoisotopic (exact) mass is 364 g/mol. The van der Waals surface area contributed by atoms with Crippen molar-refractivity contribution in [2.75, 3.05) is 41.3 Å². The van der Waals surface area contributed by atoms with Crippen LogP contribution in [0.25, 0.3) is 0 Å². The van der Waals surface area contributed by atoms with Crippen LogP contribution in [0.5, 0.6) is 0 Å². The van der Waals surface area contributed by atoms with Crippen LogP contribution in [0.1, 0.15) is 25.7 Å². The number of rotatable bonds is 4. The Morgan fingerprint density at radius 3 is 1.84 bits per heavy atom. The second-order valence-electron chi connectivity index (χ2n) is 6.25. The van der Waals surface area contributed by atoms with E-state index < -0.39 is 0 Å². The summed E-state index contributed by atoms with van der Waals surface area (Å²) in [6, 6.07) is 6.56. The van der Waals surface area contributed by atoms with Gasteiger partial charge in [0, 0.05) is 26.2 Å². The number of nitrogens with one attached hydrogen (secondary N) is 1. The van der Waals surface area contributed by atoms with Gasteiger partial charge in [0.15, 0.2) is 0 Å². The third-order valence-corrected chi connectivity index (χ3v) is 4.51. The predicted octanol–water partition coefficient (Wildman–Crippen LogP) is 3.38. The zero-order valence-electron chi connectivity index (χ0n) is 14.0. The molecule has 0 saturated carbocycles. The van der Waals surface area contributed by atoms with Crippen LogP contribution < -0.4 is 15.1 Å². The minimum Gasteiger partial charge on any atom is -0.341 e. The Balaban J connectivity index is 0.00000182. The van der Waals surface area contributed by atoms with Gasteiger partial charge in [0.2, 0.25) is 17.8 Å². The fraction of sp³-hybridized carbons (Fsp3) is 0.471. The molecule has 3 heterocycles. The Hall–Kier alpha value is -2.15. The molecule has 1 N–H and O–H groups in total. The summed E-state index contributed by atoms with van der Waals surface area (Å²) in [6.45, 7) is 3.84. The van der Waals surface area contributed by atoms with Crippen molar-refractivity contribution in [1.82, 2.24) is 15.0 Å². The molecule has 4 rings (SSSR count). The van der Waals surface area contributed by atoms with Gasteiger partial charge in [-0.2, -0.15) is 15.0 Å². The van der Waals surface area contributed by atoms with Gasteiger partial charge in [-0.05, 0) is 37.8 Å². The molecule has 0 spiro atoms. The Kier molecular flexibility index (Phi) is 5.53. The summed E-state index contributed by atoms with van der Waals surface area (Å²) in [7, 11) is 0. The molecule has 8 heteroatoms. The average molecular weight is 365 g/mol. The Morgan fingerprint density at radius 1 is 0.800 bits per heavy atom. The number of benzene rings is 1. The second kappa shape index (κ2) is 7.82. The molecular weight excluding hydrogens is 343 g/mol. The molecule has 0 unspecified atom stereocenters. The van der Waals surface area contributed by atoms with Crippen molar-refractivity contribution in [2.24, 2.45) is 0 Å². The van der Waals surface area contributed by atoms with E-state index in [2.05, 4.69) is 30.1 Å². The molecule has 2 aromatic rings. The molecule has 2 aliphatic heterocycles. The Bertz CT molecular complexity index is 682. The van der Waals surface area contributed by atoms with Crippen LogP contribution in [0.4, 0.5) is 27.9 Å². The lowest BCUT2D eigenvalue weighted by atomic mass is 10.3. The highest BCUT2D eigenvalue weighted by atomic mass is 35.5. The van der Waals surface area contributed by atoms with Gasteiger partial charge in [-0.1, -0.05) is 12.1 Å². The summed E-state index contributed by atoms with van der Waals surface area (Å²) in [6.07, 6.45) is 4.61. The van der Waals surface area contributed by atoms with Crippen LogP contribution in [0, 0.1) is 5.82 Å². The first-order valence-corrected chi connectivity index (χ1v) is 8.57. The maximum Gasteiger partial charge on any atom is 0.233 e. The van der Waals surface area contributed by atoms with Crippen molar-refractivity contribution in [3.8, 4) is 0 Å². The predicted molar refractivity (Wildman–Crippen MR) is 99.7 cm³/mol. The Morgan fingerprint density at radius 2 is 1.32 bits per heavy atom. The summed E-state index contributed by atoms with van der Waals surface area (Å²) >= 11 is 0. The molecule has 134 valence electrons. The van der Waals surface area contributed by atoms with E-state index in [0.717, 1.165) is 51.9 Å². The minimum absolute atomic E-state index is 0. The van der Waals surface area contributed by atoms with Crippen molar-refractivity contribution in [3.63, 3.8) is 0 Å². The Labute approximate surface area is 152 Å². The molecule has 1 aromatic heterocycles. The zero-order valence-corrected chi connectivity index (χ0v) is 14.8. The maximum absolute atomic E-state index is 13.9. The lowest BCUT2D eigenvalue weighted by molar-refractivity contribution is 0.631. The summed E-state index contributed by atoms with van der Waals surface area (Å²) in [5, 5.41) is 3.01. The third kappa shape index (κ3) is 3.92. The van der Waals surface area contributed by atoms with E-state index in [1.165, 1.54) is 6.07 Å². The lowest BCUT2D eigenvalue weighted by Crippen LogP contribution is -2.25. The molecule has 0 radical (unpaired) electrons. The van der Waals surface area contributed by atoms with Crippen molar-refractivity contribution >= 4 is 35.9 Å². The fourth-order valence-corrected chi connectivity index (χ4v) is 3.21. The van der Waals surface area contributed by atoms with Crippen molar-refractivity contribution < 1.29 is 4.39 Å². The smallest absolute Gasteiger partial charge is 0.233 e. The molecule has 6 nitrogen and oxygen atoms in total. The van der Waals surface area contributed by atoms with E-state index in [1.54, 1.807) is 18.2 Å². The first-order chi connectivity index (χ1) is 11.8. The molecule has 1 aromatic carbocycles. The molecule has 2 saturated heterocycles. The standard InChI is InChI=1S/C17H21FN6.ClH/c18-13-7-1-2-8-14(13)19-15-20-16(23-9-3-4-10-23)22-17(21-15)24-11-5-6-12-24;/h1-2,7-8H,3-6,9-12H2,(H,19,20,21,22);1H. The first-order valence-electron chi connectivity index (χ1n) is 8.57. The van der Waals surface area contributed by atoms with Crippen LogP contribution in [0.15, 0.2) is 24.3 Å². The van der Waals surface area contributed by atoms with E-state index in [-0.39, 0.29) is 18.2 Å². The highest BCUT2D eigenvalue weighted by Gasteiger charge is 2.21. The lowest BCUT2D eigenvalue weighted by Gasteiger charge is -2.20. The molecule has 25 heavy (non-hydrogen) atoms. The topological polar surface area (TPSA) is 57.2 Å². The summed E-state index contributed by atoms with van der Waals surface area (Å²) in [4.78, 5) is 18.1. The van der Waals surface area contributed by atoms with Crippen LogP contribution >= 0.6 is 12.4 Å². The van der Waals surface area contributed by atoms with Crippen LogP contribution in [0.3, 0.4) is 0 Å². The van der Waals surface area contributed by atoms with Crippen LogP contribution in [0.2, 0.25) is 0 Å². The summed E-state index contributed by atoms with van der Waals surface area (Å²) in [5.41, 5.74) is 0.378. The van der Waals surface area contributed by atoms with E-state index in [0.29, 0.717) is 23.5 Å². The van der Waals surface area contributed by atoms with Crippen molar-refractivity contribution in [3.05, 3.63) is 30.1 Å². The molecule has 0 aliphatic carbocycles. The van der Waals surface area contributed by atoms with Crippen LogP contribution in [-0.2, 0) is 0 Å². The number of para-hydroxylation sites is 1. The van der Waals surface area contributed by atoms with Crippen molar-refractivity contribution in [2.45, 2.75) is 25.7 Å². The quantitative estimate of drug-likeness (QED) is 0.897. The number of halogens is 2. The molecule has 0 atom stereocenters. The molecule has 2 aliphatic rings. The van der Waals surface area contributed by atoms with Gasteiger partial charge in [0.1, 0.15) is 5.82 Å². The number of nitrogens with zero attached hydrogens (tertiary/aromatic N) is 5. The normalized spacial score (nSPS) is 16.8. The second-order valence-corrected chi connectivity index (χ2v) is 6.25. The summed E-state index contributed by atoms with van der Waals surface area (Å²) < 4.78 is 13.9. The van der Waals surface area contributed by atoms with E-state index in [4.69, 9.17) is 0 Å². The average Bonchev–Trinajstić information content (AvgIpc) is 3.31. The maximum atomic E-state index is 13.9. The van der Waals surface area contributed by atoms with Gasteiger partial charge >= 0.3 is 0 Å². The SMILES string of the molecule is Cl.Fc1ccccc1Nc1nc(N2CCCC2)nc(N2CCCC2)n1. The van der Waals surface area contributed by atoms with Gasteiger partial charge in [0.05, 0.1) is 5.69 Å². The molecular formula is C17H22ClFN6. The highest BCUT2D eigenvalue weighted by Crippen LogP contribution is 2.24. The van der Waals surface area contributed by atoms with Gasteiger partial charge in [-0.15, -0.1) is 12.4 Å². The highest BCUT2D eigenvalue weighted by molar-refractivity contribution is 5.85. The minimum atomic E-state index is -0.316. The number of aromatic nitrogens is 3. The molecule has 0 amide bonds. The number of hydrogen-bond donors (Lipinski definition) is 1. The van der Waals surface area contributed by atoms with Crippen molar-refractivity contribution in [1.29, 1.82) is 0 Å². The molecule has 2 fully saturated rings. The summed E-state index contributed by atoms with van der Waals surface area (Å²) in [5.74, 6) is 1.45. The van der Waals surface area contributed by atoms with Gasteiger partial charge in [-0.25, -0.2) is 4.39 Å². The van der Waals surface area contributed by atoms with E-state index in [9.17, 15) is 4.39 Å². The van der Waals surface area contributed by atoms with E-state index >= 15 is 0 Å². The van der Waals surface area contributed by atoms with Gasteiger partial charge in [0.25, 0.3) is 0 Å². The van der Waals surface area contributed by atoms with E-state index in [1.807, 2.05) is 0 Å². The van der Waals surface area contributed by atoms with Crippen LogP contribution in [-0.4, -0.2) is 41.1 Å². The fourth-order valence-electron chi connectivity index (χ4n) is 3.21. The zero-order chi connectivity index (χ0) is 16.4. The number of hydrogen-bond acceptors (Lipinski definition) is 6. The largest absolute Gasteiger partial charge is 0.341 e. The number of anilines is 4. The first kappa shape index (κ1) is 17.7. The third-order valence-electron chi connectivity index (χ3n) is 4.51. The van der Waals surface area contributed by atoms with Gasteiger partial charge in [-0.3, -0.25) is 0 Å². The molecule has 0 bridgehead atoms.